The Hall–Kier alpha value is -1.99. The highest BCUT2D eigenvalue weighted by Gasteiger charge is 2.65. The number of allylic oxidation sites excluding steroid dienone is 2. The third-order valence-corrected chi connectivity index (χ3v) is 9.93. The van der Waals surface area contributed by atoms with Crippen LogP contribution in [0.3, 0.4) is 0 Å². The van der Waals surface area contributed by atoms with Gasteiger partial charge in [-0.05, 0) is 79.0 Å². The minimum Gasteiger partial charge on any atom is -0.416 e. The van der Waals surface area contributed by atoms with Crippen molar-refractivity contribution in [2.45, 2.75) is 24.9 Å². The molecule has 2 aromatic carbocycles. The maximum atomic E-state index is 14.3. The van der Waals surface area contributed by atoms with E-state index in [0.717, 1.165) is 18.3 Å². The summed E-state index contributed by atoms with van der Waals surface area (Å²) in [6.45, 7) is 0. The molecule has 0 spiro atoms. The fraction of sp³-hybridized carbons (Fsp3) is 0.417. The largest absolute Gasteiger partial charge is 0.434 e. The van der Waals surface area contributed by atoms with Crippen LogP contribution >= 0.6 is 7.60 Å². The first-order valence-corrected chi connectivity index (χ1v) is 12.1. The third kappa shape index (κ3) is 2.52. The Morgan fingerprint density at radius 3 is 1.89 bits per heavy atom. The molecule has 0 saturated heterocycles. The van der Waals surface area contributed by atoms with Crippen LogP contribution in [0.25, 0.3) is 0 Å². The van der Waals surface area contributed by atoms with Crippen LogP contribution in [0.2, 0.25) is 0 Å². The molecule has 4 bridgehead atoms. The van der Waals surface area contributed by atoms with Crippen molar-refractivity contribution < 1.29 is 13.6 Å². The van der Waals surface area contributed by atoms with E-state index in [4.69, 9.17) is 9.05 Å². The van der Waals surface area contributed by atoms with Crippen molar-refractivity contribution in [3.63, 3.8) is 0 Å². The van der Waals surface area contributed by atoms with Gasteiger partial charge in [-0.15, -0.1) is 0 Å². The molecule has 0 amide bonds. The summed E-state index contributed by atoms with van der Waals surface area (Å²) in [6, 6.07) is 19.0. The molecule has 3 saturated carbocycles. The van der Waals surface area contributed by atoms with Gasteiger partial charge < -0.3 is 9.05 Å². The standard InChI is InChI=1S/C24H25O3P/c25-28(26-19-7-3-1-4-8-19,27-20-9-5-2-6-10-20)22-15-18-14-21(22)24-17-12-11-16(13-17)23(18)24/h1-12,16-18,21-24H,13-15H2. The van der Waals surface area contributed by atoms with Gasteiger partial charge in [-0.25, -0.2) is 4.57 Å². The lowest BCUT2D eigenvalue weighted by atomic mass is 9.73. The predicted octanol–water partition coefficient (Wildman–Crippen LogP) is 6.18. The van der Waals surface area contributed by atoms with Gasteiger partial charge in [0, 0.05) is 0 Å². The summed E-state index contributed by atoms with van der Waals surface area (Å²) in [5, 5.41) is 0. The SMILES string of the molecule is O=P(Oc1ccccc1)(Oc1ccccc1)C1CC2CC1C1C3C=CC(C3)C21. The Morgan fingerprint density at radius 2 is 1.29 bits per heavy atom. The van der Waals surface area contributed by atoms with E-state index >= 15 is 0 Å². The van der Waals surface area contributed by atoms with Crippen LogP contribution in [-0.2, 0) is 4.57 Å². The van der Waals surface area contributed by atoms with Crippen molar-refractivity contribution >= 4 is 7.60 Å². The van der Waals surface area contributed by atoms with Crippen LogP contribution in [0.4, 0.5) is 0 Å². The molecule has 3 nitrogen and oxygen atoms in total. The highest BCUT2D eigenvalue weighted by molar-refractivity contribution is 7.55. The van der Waals surface area contributed by atoms with Gasteiger partial charge in [0.1, 0.15) is 11.5 Å². The fourth-order valence-electron chi connectivity index (χ4n) is 6.76. The first kappa shape index (κ1) is 16.9. The molecule has 0 N–H and O–H groups in total. The molecular formula is C24H25O3P. The van der Waals surface area contributed by atoms with Gasteiger partial charge >= 0.3 is 7.60 Å². The Bertz CT molecular complexity index is 895. The van der Waals surface area contributed by atoms with Crippen molar-refractivity contribution in [1.82, 2.24) is 0 Å². The van der Waals surface area contributed by atoms with E-state index < -0.39 is 7.60 Å². The Balaban J connectivity index is 1.35. The van der Waals surface area contributed by atoms with E-state index in [-0.39, 0.29) is 5.66 Å². The zero-order valence-corrected chi connectivity index (χ0v) is 16.7. The maximum Gasteiger partial charge on any atom is 0.434 e. The van der Waals surface area contributed by atoms with Crippen LogP contribution < -0.4 is 9.05 Å². The van der Waals surface area contributed by atoms with Gasteiger partial charge in [0.25, 0.3) is 0 Å². The molecule has 0 aromatic heterocycles. The maximum absolute atomic E-state index is 14.3. The average molecular weight is 392 g/mol. The molecule has 6 rings (SSSR count). The van der Waals surface area contributed by atoms with Crippen molar-refractivity contribution in [1.29, 1.82) is 0 Å². The van der Waals surface area contributed by atoms with Gasteiger partial charge in [-0.3, -0.25) is 0 Å². The molecule has 4 heteroatoms. The summed E-state index contributed by atoms with van der Waals surface area (Å²) in [5.41, 5.74) is -0.00749. The second kappa shape index (κ2) is 6.26. The van der Waals surface area contributed by atoms with Gasteiger partial charge in [0.15, 0.2) is 0 Å². The molecule has 4 aliphatic carbocycles. The first-order valence-electron chi connectivity index (χ1n) is 10.5. The number of rotatable bonds is 5. The zero-order valence-electron chi connectivity index (χ0n) is 15.8. The molecule has 0 heterocycles. The van der Waals surface area contributed by atoms with Gasteiger partial charge in [-0.2, -0.15) is 0 Å². The number of fused-ring (bicyclic) bond motifs is 9. The first-order chi connectivity index (χ1) is 13.7. The van der Waals surface area contributed by atoms with Crippen LogP contribution in [0.15, 0.2) is 72.8 Å². The summed E-state index contributed by atoms with van der Waals surface area (Å²) >= 11 is 0. The van der Waals surface area contributed by atoms with Crippen LogP contribution in [0, 0.1) is 35.5 Å². The Morgan fingerprint density at radius 1 is 0.714 bits per heavy atom. The average Bonchev–Trinajstić information content (AvgIpc) is 3.49. The van der Waals surface area contributed by atoms with Crippen LogP contribution in [-0.4, -0.2) is 5.66 Å². The lowest BCUT2D eigenvalue weighted by molar-refractivity contribution is 0.196. The normalized spacial score (nSPS) is 37.2. The number of hydrogen-bond acceptors (Lipinski definition) is 3. The number of benzene rings is 2. The molecule has 0 radical (unpaired) electrons. The molecular weight excluding hydrogens is 367 g/mol. The quantitative estimate of drug-likeness (QED) is 0.346. The van der Waals surface area contributed by atoms with Gasteiger partial charge in [-0.1, -0.05) is 48.6 Å². The number of hydrogen-bond donors (Lipinski definition) is 0. The predicted molar refractivity (Wildman–Crippen MR) is 109 cm³/mol. The second-order valence-corrected chi connectivity index (χ2v) is 11.0. The molecule has 7 atom stereocenters. The molecule has 144 valence electrons. The van der Waals surface area contributed by atoms with Crippen molar-refractivity contribution in [2.24, 2.45) is 35.5 Å². The topological polar surface area (TPSA) is 35.5 Å². The molecule has 0 aliphatic heterocycles. The van der Waals surface area contributed by atoms with E-state index in [9.17, 15) is 4.57 Å². The Labute approximate surface area is 166 Å². The highest BCUT2D eigenvalue weighted by Crippen LogP contribution is 2.72. The minimum absolute atomic E-state index is 0.00749. The number of para-hydroxylation sites is 2. The van der Waals surface area contributed by atoms with Gasteiger partial charge in [0.05, 0.1) is 5.66 Å². The molecule has 28 heavy (non-hydrogen) atoms. The third-order valence-electron chi connectivity index (χ3n) is 7.59. The molecule has 4 aliphatic rings. The van der Waals surface area contributed by atoms with Crippen molar-refractivity contribution in [3.8, 4) is 11.5 Å². The summed E-state index contributed by atoms with van der Waals surface area (Å²) in [4.78, 5) is 0. The highest BCUT2D eigenvalue weighted by atomic mass is 31.2. The van der Waals surface area contributed by atoms with E-state index in [1.807, 2.05) is 60.7 Å². The Kier molecular flexibility index (Phi) is 3.78. The van der Waals surface area contributed by atoms with Crippen LogP contribution in [0.1, 0.15) is 19.3 Å². The van der Waals surface area contributed by atoms with E-state index in [0.29, 0.717) is 35.2 Å². The summed E-state index contributed by atoms with van der Waals surface area (Å²) < 4.78 is 26.6. The van der Waals surface area contributed by atoms with Crippen LogP contribution in [0.5, 0.6) is 11.5 Å². The fourth-order valence-corrected chi connectivity index (χ4v) is 9.21. The van der Waals surface area contributed by atoms with E-state index in [1.54, 1.807) is 0 Å². The van der Waals surface area contributed by atoms with Crippen molar-refractivity contribution in [3.05, 3.63) is 72.8 Å². The zero-order chi connectivity index (χ0) is 18.7. The smallest absolute Gasteiger partial charge is 0.416 e. The van der Waals surface area contributed by atoms with Crippen molar-refractivity contribution in [2.75, 3.05) is 0 Å². The van der Waals surface area contributed by atoms with Gasteiger partial charge in [0.2, 0.25) is 0 Å². The molecule has 2 aromatic rings. The lowest BCUT2D eigenvalue weighted by Crippen LogP contribution is -2.35. The minimum atomic E-state index is -3.35. The van der Waals surface area contributed by atoms with E-state index in [2.05, 4.69) is 12.2 Å². The monoisotopic (exact) mass is 392 g/mol. The second-order valence-electron chi connectivity index (χ2n) is 8.91. The molecule has 3 fully saturated rings. The van der Waals surface area contributed by atoms with E-state index in [1.165, 1.54) is 12.8 Å². The summed E-state index contributed by atoms with van der Waals surface area (Å²) in [6.07, 6.45) is 8.33. The lowest BCUT2D eigenvalue weighted by Gasteiger charge is -2.38. The summed E-state index contributed by atoms with van der Waals surface area (Å²) in [7, 11) is -3.35. The summed E-state index contributed by atoms with van der Waals surface area (Å²) in [5.74, 6) is 5.30. The molecule has 7 unspecified atom stereocenters.